The van der Waals surface area contributed by atoms with Crippen molar-refractivity contribution in [3.05, 3.63) is 51.5 Å². The van der Waals surface area contributed by atoms with E-state index in [4.69, 9.17) is 11.6 Å². The zero-order valence-electron chi connectivity index (χ0n) is 9.35. The van der Waals surface area contributed by atoms with Gasteiger partial charge in [0, 0.05) is 21.1 Å². The van der Waals surface area contributed by atoms with Crippen molar-refractivity contribution in [3.8, 4) is 11.4 Å². The lowest BCUT2D eigenvalue weighted by Crippen LogP contribution is -1.82. The fourth-order valence-corrected chi connectivity index (χ4v) is 2.72. The third kappa shape index (κ3) is 2.24. The Hall–Kier alpha value is -1.46. The van der Waals surface area contributed by atoms with Gasteiger partial charge in [0.15, 0.2) is 5.82 Å². The Balaban J connectivity index is 2.23. The predicted octanol–water partition coefficient (Wildman–Crippen LogP) is 4.92. The van der Waals surface area contributed by atoms with Crippen LogP contribution in [0.1, 0.15) is 0 Å². The van der Waals surface area contributed by atoms with E-state index >= 15 is 0 Å². The van der Waals surface area contributed by atoms with Crippen molar-refractivity contribution in [3.63, 3.8) is 0 Å². The topological polar surface area (TPSA) is 28.7 Å². The van der Waals surface area contributed by atoms with Crippen LogP contribution in [0.4, 0.5) is 8.78 Å². The minimum Gasteiger partial charge on any atom is -0.338 e. The second-order valence-corrected chi connectivity index (χ2v) is 5.28. The Morgan fingerprint density at radius 2 is 1.95 bits per heavy atom. The lowest BCUT2D eigenvalue weighted by molar-refractivity contribution is 0.591. The third-order valence-electron chi connectivity index (χ3n) is 2.69. The van der Waals surface area contributed by atoms with Crippen molar-refractivity contribution < 1.29 is 8.78 Å². The number of aromatic amines is 1. The van der Waals surface area contributed by atoms with Crippen LogP contribution < -0.4 is 0 Å². The molecular weight excluding hydrogens is 338 g/mol. The van der Waals surface area contributed by atoms with Gasteiger partial charge in [0.1, 0.15) is 17.2 Å². The number of nitrogens with zero attached hydrogens (tertiary/aromatic N) is 1. The molecule has 0 aliphatic carbocycles. The SMILES string of the molecule is Fc1cc(F)c2nc(-c3ccc(Cl)cc3Br)[nH]c2c1. The molecule has 0 spiro atoms. The second-order valence-electron chi connectivity index (χ2n) is 3.99. The summed E-state index contributed by atoms with van der Waals surface area (Å²) >= 11 is 9.22. The van der Waals surface area contributed by atoms with Crippen LogP contribution >= 0.6 is 27.5 Å². The lowest BCUT2D eigenvalue weighted by atomic mass is 10.2. The van der Waals surface area contributed by atoms with E-state index in [0.29, 0.717) is 16.4 Å². The molecule has 0 amide bonds. The summed E-state index contributed by atoms with van der Waals surface area (Å²) in [6.45, 7) is 0. The van der Waals surface area contributed by atoms with Crippen LogP contribution in [-0.2, 0) is 0 Å². The Labute approximate surface area is 120 Å². The first kappa shape index (κ1) is 12.6. The number of hydrogen-bond donors (Lipinski definition) is 1. The maximum Gasteiger partial charge on any atom is 0.153 e. The smallest absolute Gasteiger partial charge is 0.153 e. The van der Waals surface area contributed by atoms with Gasteiger partial charge in [-0.1, -0.05) is 11.6 Å². The monoisotopic (exact) mass is 342 g/mol. The summed E-state index contributed by atoms with van der Waals surface area (Å²) in [5, 5.41) is 0.573. The molecule has 19 heavy (non-hydrogen) atoms. The van der Waals surface area contributed by atoms with Gasteiger partial charge in [-0.3, -0.25) is 0 Å². The molecule has 0 saturated carbocycles. The average Bonchev–Trinajstić information content (AvgIpc) is 2.72. The van der Waals surface area contributed by atoms with E-state index in [9.17, 15) is 8.78 Å². The van der Waals surface area contributed by atoms with Gasteiger partial charge in [0.25, 0.3) is 0 Å². The molecule has 2 aromatic carbocycles. The molecule has 0 saturated heterocycles. The molecule has 6 heteroatoms. The summed E-state index contributed by atoms with van der Waals surface area (Å²) in [5.41, 5.74) is 1.15. The molecule has 1 N–H and O–H groups in total. The zero-order valence-corrected chi connectivity index (χ0v) is 11.7. The van der Waals surface area contributed by atoms with Gasteiger partial charge < -0.3 is 4.98 Å². The molecule has 0 fully saturated rings. The zero-order chi connectivity index (χ0) is 13.6. The van der Waals surface area contributed by atoms with Crippen LogP contribution in [0.15, 0.2) is 34.8 Å². The van der Waals surface area contributed by atoms with Gasteiger partial charge in [-0.05, 0) is 40.2 Å². The lowest BCUT2D eigenvalue weighted by Gasteiger charge is -2.00. The van der Waals surface area contributed by atoms with E-state index in [2.05, 4.69) is 25.9 Å². The first-order valence-corrected chi connectivity index (χ1v) is 6.52. The molecule has 0 atom stereocenters. The molecule has 0 radical (unpaired) electrons. The number of fused-ring (bicyclic) bond motifs is 1. The van der Waals surface area contributed by atoms with Gasteiger partial charge in [-0.2, -0.15) is 0 Å². The van der Waals surface area contributed by atoms with Crippen molar-refractivity contribution in [1.82, 2.24) is 9.97 Å². The van der Waals surface area contributed by atoms with Crippen LogP contribution in [0.25, 0.3) is 22.4 Å². The number of H-pyrrole nitrogens is 1. The summed E-state index contributed by atoms with van der Waals surface area (Å²) < 4.78 is 27.4. The van der Waals surface area contributed by atoms with E-state index < -0.39 is 11.6 Å². The summed E-state index contributed by atoms with van der Waals surface area (Å²) in [6, 6.07) is 7.17. The third-order valence-corrected chi connectivity index (χ3v) is 3.58. The normalized spacial score (nSPS) is 11.2. The Morgan fingerprint density at radius 1 is 1.16 bits per heavy atom. The highest BCUT2D eigenvalue weighted by Crippen LogP contribution is 2.30. The first-order valence-electron chi connectivity index (χ1n) is 5.35. The summed E-state index contributed by atoms with van der Waals surface area (Å²) in [5.74, 6) is -0.888. The number of imidazole rings is 1. The van der Waals surface area contributed by atoms with E-state index in [1.807, 2.05) is 0 Å². The molecule has 3 aromatic rings. The van der Waals surface area contributed by atoms with Crippen LogP contribution in [0, 0.1) is 11.6 Å². The molecule has 0 bridgehead atoms. The van der Waals surface area contributed by atoms with Gasteiger partial charge in [0.05, 0.1) is 5.52 Å². The molecule has 3 rings (SSSR count). The fraction of sp³-hybridized carbons (Fsp3) is 0. The molecule has 2 nitrogen and oxygen atoms in total. The van der Waals surface area contributed by atoms with E-state index in [0.717, 1.165) is 16.1 Å². The minimum absolute atomic E-state index is 0.109. The van der Waals surface area contributed by atoms with Crippen molar-refractivity contribution in [2.45, 2.75) is 0 Å². The van der Waals surface area contributed by atoms with E-state index in [-0.39, 0.29) is 5.52 Å². The van der Waals surface area contributed by atoms with Crippen LogP contribution in [0.3, 0.4) is 0 Å². The van der Waals surface area contributed by atoms with Gasteiger partial charge in [-0.15, -0.1) is 0 Å². The highest BCUT2D eigenvalue weighted by molar-refractivity contribution is 9.10. The average molecular weight is 344 g/mol. The molecule has 0 unspecified atom stereocenters. The van der Waals surface area contributed by atoms with Crippen molar-refractivity contribution in [1.29, 1.82) is 0 Å². The molecule has 1 aromatic heterocycles. The van der Waals surface area contributed by atoms with E-state index in [1.165, 1.54) is 6.07 Å². The molecule has 1 heterocycles. The van der Waals surface area contributed by atoms with Crippen LogP contribution in [0.2, 0.25) is 5.02 Å². The molecule has 0 aliphatic heterocycles. The fourth-order valence-electron chi connectivity index (χ4n) is 1.85. The molecular formula is C13H6BrClF2N2. The second kappa shape index (κ2) is 4.58. The summed E-state index contributed by atoms with van der Waals surface area (Å²) in [6.07, 6.45) is 0. The quantitative estimate of drug-likeness (QED) is 0.667. The summed E-state index contributed by atoms with van der Waals surface area (Å²) in [4.78, 5) is 7.03. The Bertz CT molecular complexity index is 786. The predicted molar refractivity (Wildman–Crippen MR) is 74.2 cm³/mol. The molecule has 96 valence electrons. The largest absolute Gasteiger partial charge is 0.338 e. The van der Waals surface area contributed by atoms with Crippen molar-refractivity contribution in [2.24, 2.45) is 0 Å². The van der Waals surface area contributed by atoms with Crippen molar-refractivity contribution in [2.75, 3.05) is 0 Å². The van der Waals surface area contributed by atoms with Crippen LogP contribution in [-0.4, -0.2) is 9.97 Å². The number of nitrogens with one attached hydrogen (secondary N) is 1. The van der Waals surface area contributed by atoms with Gasteiger partial charge in [-0.25, -0.2) is 13.8 Å². The highest BCUT2D eigenvalue weighted by Gasteiger charge is 2.13. The van der Waals surface area contributed by atoms with E-state index in [1.54, 1.807) is 18.2 Å². The number of benzene rings is 2. The Morgan fingerprint density at radius 3 is 2.68 bits per heavy atom. The van der Waals surface area contributed by atoms with Crippen LogP contribution in [0.5, 0.6) is 0 Å². The maximum atomic E-state index is 13.6. The van der Waals surface area contributed by atoms with Crippen molar-refractivity contribution >= 4 is 38.6 Å². The van der Waals surface area contributed by atoms with Gasteiger partial charge >= 0.3 is 0 Å². The summed E-state index contributed by atoms with van der Waals surface area (Å²) in [7, 11) is 0. The molecule has 0 aliphatic rings. The number of aromatic nitrogens is 2. The number of hydrogen-bond acceptors (Lipinski definition) is 1. The number of rotatable bonds is 1. The Kier molecular flexibility index (Phi) is 3.03. The first-order chi connectivity index (χ1) is 9.04. The standard InChI is InChI=1S/C13H6BrClF2N2/c14-9-3-6(15)1-2-8(9)13-18-11-5-7(16)4-10(17)12(11)19-13/h1-5H,(H,18,19). The maximum absolute atomic E-state index is 13.6. The van der Waals surface area contributed by atoms with Gasteiger partial charge in [0.2, 0.25) is 0 Å². The minimum atomic E-state index is -0.692. The highest BCUT2D eigenvalue weighted by atomic mass is 79.9. The number of halogens is 4.